The number of allylic oxidation sites excluding steroid dienone is 1. The van der Waals surface area contributed by atoms with Gasteiger partial charge in [0.25, 0.3) is 0 Å². The highest BCUT2D eigenvalue weighted by molar-refractivity contribution is 5.81. The van der Waals surface area contributed by atoms with Crippen LogP contribution in [0.5, 0.6) is 0 Å². The van der Waals surface area contributed by atoms with Crippen molar-refractivity contribution in [2.24, 2.45) is 5.41 Å². The van der Waals surface area contributed by atoms with Crippen molar-refractivity contribution in [1.29, 1.82) is 0 Å². The van der Waals surface area contributed by atoms with Crippen molar-refractivity contribution < 1.29 is 9.53 Å². The minimum Gasteiger partial charge on any atom is -0.463 e. The van der Waals surface area contributed by atoms with Crippen molar-refractivity contribution in [2.45, 2.75) is 79.1 Å². The first-order valence-electron chi connectivity index (χ1n) is 7.81. The van der Waals surface area contributed by atoms with E-state index in [1.54, 1.807) is 6.08 Å². The molecule has 0 saturated heterocycles. The molecule has 0 aromatic carbocycles. The second-order valence-electron chi connectivity index (χ2n) is 6.34. The molecule has 0 aromatic rings. The smallest absolute Gasteiger partial charge is 0.330 e. The molecule has 0 rings (SSSR count). The van der Waals surface area contributed by atoms with E-state index in [9.17, 15) is 4.79 Å². The zero-order valence-corrected chi connectivity index (χ0v) is 13.3. The van der Waals surface area contributed by atoms with Gasteiger partial charge in [-0.1, -0.05) is 78.7 Å². The third-order valence-corrected chi connectivity index (χ3v) is 2.96. The van der Waals surface area contributed by atoms with Crippen LogP contribution in [-0.2, 0) is 9.53 Å². The molecule has 0 heterocycles. The fraction of sp³-hybridized carbons (Fsp3) is 0.824. The van der Waals surface area contributed by atoms with E-state index in [1.165, 1.54) is 44.9 Å². The number of esters is 1. The summed E-state index contributed by atoms with van der Waals surface area (Å²) in [6.07, 6.45) is 13.6. The molecule has 0 spiro atoms. The van der Waals surface area contributed by atoms with Crippen molar-refractivity contribution in [3.05, 3.63) is 12.2 Å². The summed E-state index contributed by atoms with van der Waals surface area (Å²) in [6.45, 7) is 8.99. The summed E-state index contributed by atoms with van der Waals surface area (Å²) < 4.78 is 5.16. The molecule has 0 aliphatic heterocycles. The monoisotopic (exact) mass is 268 g/mol. The minimum absolute atomic E-state index is 0.0392. The van der Waals surface area contributed by atoms with Crippen LogP contribution in [0.3, 0.4) is 0 Å². The third kappa shape index (κ3) is 15.2. The predicted octanol–water partition coefficient (Wildman–Crippen LogP) is 5.27. The minimum atomic E-state index is -0.210. The summed E-state index contributed by atoms with van der Waals surface area (Å²) in [7, 11) is 0. The Labute approximate surface area is 119 Å². The van der Waals surface area contributed by atoms with Crippen molar-refractivity contribution in [3.8, 4) is 0 Å². The number of hydrogen-bond acceptors (Lipinski definition) is 2. The van der Waals surface area contributed by atoms with E-state index in [2.05, 4.69) is 27.7 Å². The van der Waals surface area contributed by atoms with Crippen molar-refractivity contribution in [1.82, 2.24) is 0 Å². The van der Waals surface area contributed by atoms with Gasteiger partial charge in [-0.25, -0.2) is 4.79 Å². The maximum atomic E-state index is 11.4. The summed E-state index contributed by atoms with van der Waals surface area (Å²) in [5.41, 5.74) is 0.0392. The molecule has 0 aromatic heterocycles. The molecule has 0 amide bonds. The molecule has 0 aliphatic carbocycles. The SMILES string of the molecule is CCCCCCCCCCOC(=O)/C=C/C(C)(C)C. The molecule has 0 saturated carbocycles. The lowest BCUT2D eigenvalue weighted by molar-refractivity contribution is -0.137. The van der Waals surface area contributed by atoms with Crippen LogP contribution >= 0.6 is 0 Å². The van der Waals surface area contributed by atoms with Crippen LogP contribution in [-0.4, -0.2) is 12.6 Å². The highest BCUT2D eigenvalue weighted by Crippen LogP contribution is 2.14. The third-order valence-electron chi connectivity index (χ3n) is 2.96. The van der Waals surface area contributed by atoms with Crippen LogP contribution in [0.1, 0.15) is 79.1 Å². The summed E-state index contributed by atoms with van der Waals surface area (Å²) in [5.74, 6) is -0.210. The first kappa shape index (κ1) is 18.2. The normalized spacial score (nSPS) is 12.0. The summed E-state index contributed by atoms with van der Waals surface area (Å²) in [5, 5.41) is 0. The van der Waals surface area contributed by atoms with Crippen LogP contribution < -0.4 is 0 Å². The molecule has 112 valence electrons. The van der Waals surface area contributed by atoms with E-state index in [-0.39, 0.29) is 11.4 Å². The topological polar surface area (TPSA) is 26.3 Å². The Morgan fingerprint density at radius 2 is 1.47 bits per heavy atom. The molecule has 0 bridgehead atoms. The molecule has 2 heteroatoms. The fourth-order valence-electron chi connectivity index (χ4n) is 1.77. The number of carbonyl (C=O) groups is 1. The lowest BCUT2D eigenvalue weighted by Crippen LogP contribution is -2.05. The lowest BCUT2D eigenvalue weighted by atomic mass is 9.96. The highest BCUT2D eigenvalue weighted by atomic mass is 16.5. The Morgan fingerprint density at radius 3 is 2.00 bits per heavy atom. The van der Waals surface area contributed by atoms with Gasteiger partial charge in [-0.3, -0.25) is 0 Å². The maximum absolute atomic E-state index is 11.4. The van der Waals surface area contributed by atoms with Gasteiger partial charge in [-0.05, 0) is 11.8 Å². The molecular weight excluding hydrogens is 236 g/mol. The Balaban J connectivity index is 3.35. The average Bonchev–Trinajstić information content (AvgIpc) is 2.33. The molecule has 0 N–H and O–H groups in total. The summed E-state index contributed by atoms with van der Waals surface area (Å²) >= 11 is 0. The van der Waals surface area contributed by atoms with Gasteiger partial charge in [0.15, 0.2) is 0 Å². The molecule has 0 fully saturated rings. The van der Waals surface area contributed by atoms with E-state index < -0.39 is 0 Å². The Kier molecular flexibility index (Phi) is 10.6. The molecule has 0 unspecified atom stereocenters. The highest BCUT2D eigenvalue weighted by Gasteiger charge is 2.05. The van der Waals surface area contributed by atoms with Gasteiger partial charge in [-0.15, -0.1) is 0 Å². The molecule has 19 heavy (non-hydrogen) atoms. The van der Waals surface area contributed by atoms with Gasteiger partial charge in [0, 0.05) is 6.08 Å². The van der Waals surface area contributed by atoms with Gasteiger partial charge < -0.3 is 4.74 Å². The van der Waals surface area contributed by atoms with Crippen molar-refractivity contribution >= 4 is 5.97 Å². The van der Waals surface area contributed by atoms with Crippen LogP contribution in [0, 0.1) is 5.41 Å². The zero-order valence-electron chi connectivity index (χ0n) is 13.3. The lowest BCUT2D eigenvalue weighted by Gasteiger charge is -2.10. The number of unbranched alkanes of at least 4 members (excludes halogenated alkanes) is 7. The van der Waals surface area contributed by atoms with E-state index >= 15 is 0 Å². The molecule has 0 atom stereocenters. The quantitative estimate of drug-likeness (QED) is 0.306. The number of carbonyl (C=O) groups excluding carboxylic acids is 1. The number of rotatable bonds is 10. The molecular formula is C17H32O2. The standard InChI is InChI=1S/C17H32O2/c1-5-6-7-8-9-10-11-12-15-19-16(18)13-14-17(2,3)4/h13-14H,5-12,15H2,1-4H3/b14-13+. The zero-order chi connectivity index (χ0) is 14.6. The van der Waals surface area contributed by atoms with Gasteiger partial charge >= 0.3 is 5.97 Å². The van der Waals surface area contributed by atoms with Crippen LogP contribution in [0.25, 0.3) is 0 Å². The predicted molar refractivity (Wildman–Crippen MR) is 82.2 cm³/mol. The Hall–Kier alpha value is -0.790. The largest absolute Gasteiger partial charge is 0.463 e. The number of hydrogen-bond donors (Lipinski definition) is 0. The van der Waals surface area contributed by atoms with E-state index in [0.29, 0.717) is 6.61 Å². The van der Waals surface area contributed by atoms with Gasteiger partial charge in [0.1, 0.15) is 0 Å². The van der Waals surface area contributed by atoms with Crippen molar-refractivity contribution in [2.75, 3.05) is 6.61 Å². The van der Waals surface area contributed by atoms with Gasteiger partial charge in [-0.2, -0.15) is 0 Å². The average molecular weight is 268 g/mol. The van der Waals surface area contributed by atoms with Crippen LogP contribution in [0.4, 0.5) is 0 Å². The second-order valence-corrected chi connectivity index (χ2v) is 6.34. The Morgan fingerprint density at radius 1 is 0.947 bits per heavy atom. The van der Waals surface area contributed by atoms with E-state index in [0.717, 1.165) is 6.42 Å². The van der Waals surface area contributed by atoms with E-state index in [4.69, 9.17) is 4.74 Å². The second kappa shape index (κ2) is 11.1. The van der Waals surface area contributed by atoms with Gasteiger partial charge in [0.05, 0.1) is 6.61 Å². The van der Waals surface area contributed by atoms with Gasteiger partial charge in [0.2, 0.25) is 0 Å². The van der Waals surface area contributed by atoms with E-state index in [1.807, 2.05) is 6.08 Å². The van der Waals surface area contributed by atoms with Crippen LogP contribution in [0.2, 0.25) is 0 Å². The first-order chi connectivity index (χ1) is 8.95. The number of ether oxygens (including phenoxy) is 1. The van der Waals surface area contributed by atoms with Crippen molar-refractivity contribution in [3.63, 3.8) is 0 Å². The molecule has 0 radical (unpaired) electrons. The summed E-state index contributed by atoms with van der Waals surface area (Å²) in [6, 6.07) is 0. The molecule has 0 aliphatic rings. The Bertz CT molecular complexity index is 248. The fourth-order valence-corrected chi connectivity index (χ4v) is 1.77. The summed E-state index contributed by atoms with van der Waals surface area (Å²) in [4.78, 5) is 11.4. The maximum Gasteiger partial charge on any atom is 0.330 e. The van der Waals surface area contributed by atoms with Crippen LogP contribution in [0.15, 0.2) is 12.2 Å². The first-order valence-corrected chi connectivity index (χ1v) is 7.81. The molecule has 2 nitrogen and oxygen atoms in total.